The third kappa shape index (κ3) is 3.85. The van der Waals surface area contributed by atoms with Crippen LogP contribution < -0.4 is 4.65 Å². The van der Waals surface area contributed by atoms with Crippen molar-refractivity contribution in [3.63, 3.8) is 0 Å². The van der Waals surface area contributed by atoms with Gasteiger partial charge in [-0.1, -0.05) is 0 Å². The normalized spacial score (nSPS) is 16.7. The summed E-state index contributed by atoms with van der Waals surface area (Å²) < 4.78 is 224. The van der Waals surface area contributed by atoms with Gasteiger partial charge in [0.2, 0.25) is 0 Å². The minimum atomic E-state index is -10.2. The van der Waals surface area contributed by atoms with Gasteiger partial charge in [-0.05, 0) is 0 Å². The molecule has 0 aromatic rings. The molecule has 27 heavy (non-hydrogen) atoms. The van der Waals surface area contributed by atoms with Crippen molar-refractivity contribution in [3.05, 3.63) is 0 Å². The van der Waals surface area contributed by atoms with E-state index in [0.29, 0.717) is 0 Å². The van der Waals surface area contributed by atoms with Gasteiger partial charge in [0.1, 0.15) is 0 Å². The third-order valence-electron chi connectivity index (χ3n) is 2.93. The summed E-state index contributed by atoms with van der Waals surface area (Å²) in [5.41, 5.74) is 0. The Kier molecular flexibility index (Phi) is 6.12. The average Bonchev–Trinajstić information content (AvgIpc) is 2.16. The molecule has 0 aliphatic heterocycles. The van der Waals surface area contributed by atoms with Crippen LogP contribution in [0.3, 0.4) is 0 Å². The first-order valence-corrected chi connectivity index (χ1v) is 9.40. The fourth-order valence-electron chi connectivity index (χ4n) is 1.67. The van der Waals surface area contributed by atoms with Gasteiger partial charge in [-0.25, -0.2) is 0 Å². The standard InChI is InChI=1S/C6HF18NSi2/c7-1(8,9)26(2(10,11)12,3(13,14)15)25-27(4(16,17)18,5(19,20)21)6(22,23)24/h25H. The zero-order chi connectivity index (χ0) is 22.7. The van der Waals surface area contributed by atoms with Crippen LogP contribution >= 0.6 is 0 Å². The Morgan fingerprint density at radius 2 is 0.407 bits per heavy atom. The fraction of sp³-hybridized carbons (Fsp3) is 1.00. The van der Waals surface area contributed by atoms with Gasteiger partial charge in [0, 0.05) is 0 Å². The highest BCUT2D eigenvalue weighted by molar-refractivity contribution is 6.98. The molecule has 1 nitrogen and oxygen atoms in total. The second kappa shape index (κ2) is 6.32. The molecule has 164 valence electrons. The molecule has 0 heterocycles. The molecular weight excluding hydrogens is 484 g/mol. The number of halogens is 18. The molecule has 0 unspecified atom stereocenters. The Bertz CT molecular complexity index is 405. The predicted octanol–water partition coefficient (Wildman–Crippen LogP) is 5.08. The van der Waals surface area contributed by atoms with Gasteiger partial charge in [0.25, 0.3) is 0 Å². The molecule has 0 spiro atoms. The maximum atomic E-state index is 12.5. The van der Waals surface area contributed by atoms with Crippen LogP contribution in [0.5, 0.6) is 0 Å². The van der Waals surface area contributed by atoms with E-state index >= 15 is 0 Å². The minimum Gasteiger partial charge on any atom is -0.318 e. The van der Waals surface area contributed by atoms with Crippen LogP contribution in [0.2, 0.25) is 0 Å². The zero-order valence-corrected chi connectivity index (χ0v) is 13.3. The number of hydrogen-bond acceptors (Lipinski definition) is 1. The second-order valence-electron chi connectivity index (χ2n) is 4.61. The molecule has 0 saturated carbocycles. The van der Waals surface area contributed by atoms with Crippen LogP contribution in [0.1, 0.15) is 0 Å². The van der Waals surface area contributed by atoms with Crippen molar-refractivity contribution in [2.75, 3.05) is 0 Å². The Hall–Kier alpha value is -0.866. The van der Waals surface area contributed by atoms with Crippen LogP contribution in [-0.4, -0.2) is 51.3 Å². The van der Waals surface area contributed by atoms with E-state index in [1.54, 1.807) is 0 Å². The molecule has 1 N–H and O–H groups in total. The molecule has 0 amide bonds. The van der Waals surface area contributed by atoms with E-state index in [9.17, 15) is 79.0 Å². The first-order valence-electron chi connectivity index (χ1n) is 5.40. The van der Waals surface area contributed by atoms with E-state index < -0.39 is 55.9 Å². The van der Waals surface area contributed by atoms with Crippen LogP contribution in [0.4, 0.5) is 79.0 Å². The summed E-state index contributed by atoms with van der Waals surface area (Å²) in [6.07, 6.45) is 0. The molecule has 0 fully saturated rings. The number of alkyl halides is 18. The molecule has 0 atom stereocenters. The SMILES string of the molecule is FC(F)(F)[Si](N[Si](C(F)(F)F)(C(F)(F)F)C(F)(F)F)(C(F)(F)F)C(F)(F)F. The second-order valence-corrected chi connectivity index (χ2v) is 12.0. The average molecular weight is 485 g/mol. The van der Waals surface area contributed by atoms with Crippen molar-refractivity contribution in [1.82, 2.24) is 4.65 Å². The monoisotopic (exact) mass is 485 g/mol. The minimum absolute atomic E-state index is 1.95. The molecule has 21 heteroatoms. The Balaban J connectivity index is 7.45. The summed E-state index contributed by atoms with van der Waals surface area (Å²) >= 11 is 0. The maximum absolute atomic E-state index is 12.5. The molecule has 0 saturated heterocycles. The van der Waals surface area contributed by atoms with Crippen LogP contribution in [0, 0.1) is 0 Å². The fourth-order valence-corrected chi connectivity index (χ4v) is 9.25. The lowest BCUT2D eigenvalue weighted by molar-refractivity contribution is -0.178. The zero-order valence-electron chi connectivity index (χ0n) is 11.3. The van der Waals surface area contributed by atoms with Gasteiger partial charge in [-0.15, -0.1) is 0 Å². The van der Waals surface area contributed by atoms with Crippen LogP contribution in [-0.2, 0) is 0 Å². The topological polar surface area (TPSA) is 12.0 Å². The maximum Gasteiger partial charge on any atom is 0.484 e. The molecular formula is C6HF18NSi2. The van der Waals surface area contributed by atoms with Crippen molar-refractivity contribution in [2.24, 2.45) is 0 Å². The van der Waals surface area contributed by atoms with Gasteiger partial charge < -0.3 is 4.65 Å². The first-order chi connectivity index (χ1) is 11.2. The lowest BCUT2D eigenvalue weighted by Crippen LogP contribution is -2.92. The Labute approximate surface area is 136 Å². The van der Waals surface area contributed by atoms with Gasteiger partial charge >= 0.3 is 51.3 Å². The van der Waals surface area contributed by atoms with Crippen LogP contribution in [0.25, 0.3) is 0 Å². The first kappa shape index (κ1) is 26.1. The molecule has 0 rings (SSSR count). The predicted molar refractivity (Wildman–Crippen MR) is 51.0 cm³/mol. The summed E-state index contributed by atoms with van der Waals surface area (Å²) in [7, 11) is -20.4. The molecule has 0 aliphatic rings. The lowest BCUT2D eigenvalue weighted by atomic mass is 11.4. The highest BCUT2D eigenvalue weighted by Crippen LogP contribution is 2.55. The van der Waals surface area contributed by atoms with E-state index in [1.165, 1.54) is 0 Å². The summed E-state index contributed by atoms with van der Waals surface area (Å²) in [5, 5.41) is 0. The van der Waals surface area contributed by atoms with Gasteiger partial charge in [-0.2, -0.15) is 79.0 Å². The van der Waals surface area contributed by atoms with E-state index in [0.717, 1.165) is 0 Å². The van der Waals surface area contributed by atoms with Gasteiger partial charge in [0.05, 0.1) is 0 Å². The molecule has 0 radical (unpaired) electrons. The van der Waals surface area contributed by atoms with E-state index in [-0.39, 0.29) is 0 Å². The van der Waals surface area contributed by atoms with E-state index in [1.807, 2.05) is 0 Å². The Morgan fingerprint density at radius 1 is 0.296 bits per heavy atom. The largest absolute Gasteiger partial charge is 0.484 e. The summed E-state index contributed by atoms with van der Waals surface area (Å²) in [6.45, 7) is 0. The van der Waals surface area contributed by atoms with Gasteiger partial charge in [-0.3, -0.25) is 0 Å². The summed E-state index contributed by atoms with van der Waals surface area (Å²) in [6, 6.07) is 0. The number of rotatable bonds is 2. The van der Waals surface area contributed by atoms with Crippen molar-refractivity contribution >= 4 is 16.5 Å². The highest BCUT2D eigenvalue weighted by Gasteiger charge is 2.97. The van der Waals surface area contributed by atoms with Gasteiger partial charge in [0.15, 0.2) is 0 Å². The van der Waals surface area contributed by atoms with Crippen molar-refractivity contribution in [2.45, 2.75) is 34.8 Å². The van der Waals surface area contributed by atoms with Crippen LogP contribution in [0.15, 0.2) is 0 Å². The molecule has 0 aliphatic carbocycles. The third-order valence-corrected chi connectivity index (χ3v) is 11.0. The van der Waals surface area contributed by atoms with Crippen molar-refractivity contribution in [3.8, 4) is 0 Å². The summed E-state index contributed by atoms with van der Waals surface area (Å²) in [5.74, 6) is -48.0. The Morgan fingerprint density at radius 3 is 0.481 bits per heavy atom. The lowest BCUT2D eigenvalue weighted by Gasteiger charge is -2.44. The molecule has 0 bridgehead atoms. The molecule has 0 aromatic heterocycles. The number of hydrogen-bond donors (Lipinski definition) is 1. The smallest absolute Gasteiger partial charge is 0.318 e. The van der Waals surface area contributed by atoms with E-state index in [2.05, 4.69) is 0 Å². The van der Waals surface area contributed by atoms with Crippen molar-refractivity contribution in [1.29, 1.82) is 0 Å². The van der Waals surface area contributed by atoms with E-state index in [4.69, 9.17) is 0 Å². The summed E-state index contributed by atoms with van der Waals surface area (Å²) in [4.78, 5) is 0. The highest BCUT2D eigenvalue weighted by atomic mass is 28.4. The number of nitrogens with one attached hydrogen (secondary N) is 1. The molecule has 0 aromatic carbocycles. The quantitative estimate of drug-likeness (QED) is 0.426. The van der Waals surface area contributed by atoms with Crippen molar-refractivity contribution < 1.29 is 79.0 Å².